The highest BCUT2D eigenvalue weighted by molar-refractivity contribution is 6.20. The van der Waals surface area contributed by atoms with Crippen molar-refractivity contribution in [2.45, 2.75) is 31.6 Å². The molecule has 0 N–H and O–H groups in total. The number of alkyl halides is 1. The number of pyridine rings is 1. The van der Waals surface area contributed by atoms with E-state index in [1.54, 1.807) is 0 Å². The minimum absolute atomic E-state index is 0.152. The molecule has 2 rings (SSSR count). The molecule has 1 nitrogen and oxygen atoms in total. The van der Waals surface area contributed by atoms with Crippen LogP contribution in [0.25, 0.3) is 0 Å². The number of rotatable bonds is 5. The third kappa shape index (κ3) is 3.85. The smallest absolute Gasteiger partial charge is 0.0447 e. The van der Waals surface area contributed by atoms with Crippen molar-refractivity contribution in [3.05, 3.63) is 65.5 Å². The van der Waals surface area contributed by atoms with Crippen LogP contribution in [-0.2, 0) is 12.8 Å². The van der Waals surface area contributed by atoms with Crippen LogP contribution in [0.15, 0.2) is 48.7 Å². The van der Waals surface area contributed by atoms with Crippen molar-refractivity contribution in [2.75, 3.05) is 0 Å². The van der Waals surface area contributed by atoms with Crippen LogP contribution in [0.4, 0.5) is 0 Å². The molecule has 2 aromatic rings. The summed E-state index contributed by atoms with van der Waals surface area (Å²) in [5, 5.41) is 0.152. The first kappa shape index (κ1) is 13.1. The van der Waals surface area contributed by atoms with Crippen molar-refractivity contribution in [1.82, 2.24) is 4.98 Å². The second-order valence-electron chi connectivity index (χ2n) is 4.59. The highest BCUT2D eigenvalue weighted by atomic mass is 35.5. The van der Waals surface area contributed by atoms with Crippen LogP contribution >= 0.6 is 11.6 Å². The predicted octanol–water partition coefficient (Wildman–Crippen LogP) is 4.17. The monoisotopic (exact) mass is 259 g/mol. The maximum absolute atomic E-state index is 6.40. The Morgan fingerprint density at radius 2 is 1.89 bits per heavy atom. The van der Waals surface area contributed by atoms with E-state index < -0.39 is 0 Å². The van der Waals surface area contributed by atoms with Gasteiger partial charge in [0.25, 0.3) is 0 Å². The van der Waals surface area contributed by atoms with Crippen LogP contribution in [0.1, 0.15) is 23.2 Å². The molecule has 0 saturated carbocycles. The number of aryl methyl sites for hydroxylation is 2. The van der Waals surface area contributed by atoms with Gasteiger partial charge in [0.05, 0.1) is 0 Å². The van der Waals surface area contributed by atoms with Gasteiger partial charge in [0, 0.05) is 23.7 Å². The molecule has 1 aromatic heterocycles. The molecule has 0 aliphatic heterocycles. The Hall–Kier alpha value is -1.34. The Morgan fingerprint density at radius 3 is 2.61 bits per heavy atom. The van der Waals surface area contributed by atoms with Crippen molar-refractivity contribution in [1.29, 1.82) is 0 Å². The summed E-state index contributed by atoms with van der Waals surface area (Å²) in [6.45, 7) is 2.09. The molecule has 0 aliphatic rings. The van der Waals surface area contributed by atoms with E-state index in [1.807, 2.05) is 18.3 Å². The topological polar surface area (TPSA) is 12.9 Å². The minimum atomic E-state index is 0.152. The van der Waals surface area contributed by atoms with Gasteiger partial charge >= 0.3 is 0 Å². The number of hydrogen-bond donors (Lipinski definition) is 0. The molecule has 94 valence electrons. The molecule has 0 aliphatic carbocycles. The van der Waals surface area contributed by atoms with Crippen LogP contribution in [0, 0.1) is 6.92 Å². The molecular weight excluding hydrogens is 242 g/mol. The Morgan fingerprint density at radius 1 is 1.11 bits per heavy atom. The SMILES string of the molecule is Cc1cccnc1CC(Cl)CCc1ccccc1. The van der Waals surface area contributed by atoms with Crippen molar-refractivity contribution in [3.8, 4) is 0 Å². The van der Waals surface area contributed by atoms with E-state index in [1.165, 1.54) is 11.1 Å². The van der Waals surface area contributed by atoms with Crippen molar-refractivity contribution >= 4 is 11.6 Å². The molecule has 0 saturated heterocycles. The quantitative estimate of drug-likeness (QED) is 0.735. The standard InChI is InChI=1S/C16H18ClN/c1-13-6-5-11-18-16(13)12-15(17)10-9-14-7-3-2-4-8-14/h2-8,11,15H,9-10,12H2,1H3. The highest BCUT2D eigenvalue weighted by Gasteiger charge is 2.09. The van der Waals surface area contributed by atoms with Gasteiger partial charge in [0.1, 0.15) is 0 Å². The second-order valence-corrected chi connectivity index (χ2v) is 5.21. The van der Waals surface area contributed by atoms with Gasteiger partial charge < -0.3 is 0 Å². The summed E-state index contributed by atoms with van der Waals surface area (Å²) in [5.41, 5.74) is 3.69. The third-order valence-electron chi connectivity index (χ3n) is 3.12. The lowest BCUT2D eigenvalue weighted by molar-refractivity contribution is 0.729. The van der Waals surface area contributed by atoms with E-state index in [2.05, 4.69) is 42.2 Å². The molecule has 1 atom stereocenters. The Balaban J connectivity index is 1.86. The number of hydrogen-bond acceptors (Lipinski definition) is 1. The minimum Gasteiger partial charge on any atom is -0.261 e. The summed E-state index contributed by atoms with van der Waals surface area (Å²) < 4.78 is 0. The van der Waals surface area contributed by atoms with Gasteiger partial charge in [-0.05, 0) is 37.0 Å². The summed E-state index contributed by atoms with van der Waals surface area (Å²) in [5.74, 6) is 0. The molecular formula is C16H18ClN. The van der Waals surface area contributed by atoms with Crippen molar-refractivity contribution in [2.24, 2.45) is 0 Å². The van der Waals surface area contributed by atoms with E-state index in [0.717, 1.165) is 25.0 Å². The second kappa shape index (κ2) is 6.55. The van der Waals surface area contributed by atoms with E-state index in [4.69, 9.17) is 11.6 Å². The zero-order valence-electron chi connectivity index (χ0n) is 10.6. The van der Waals surface area contributed by atoms with Gasteiger partial charge in [-0.2, -0.15) is 0 Å². The van der Waals surface area contributed by atoms with Crippen LogP contribution in [0.3, 0.4) is 0 Å². The van der Waals surface area contributed by atoms with E-state index in [0.29, 0.717) is 0 Å². The van der Waals surface area contributed by atoms with Gasteiger partial charge in [-0.1, -0.05) is 36.4 Å². The zero-order valence-corrected chi connectivity index (χ0v) is 11.4. The number of nitrogens with zero attached hydrogens (tertiary/aromatic N) is 1. The maximum Gasteiger partial charge on any atom is 0.0447 e. The van der Waals surface area contributed by atoms with E-state index >= 15 is 0 Å². The fourth-order valence-corrected chi connectivity index (χ4v) is 2.27. The average molecular weight is 260 g/mol. The molecule has 0 radical (unpaired) electrons. The number of benzene rings is 1. The van der Waals surface area contributed by atoms with E-state index in [-0.39, 0.29) is 5.38 Å². The van der Waals surface area contributed by atoms with Crippen molar-refractivity contribution in [3.63, 3.8) is 0 Å². The lowest BCUT2D eigenvalue weighted by Gasteiger charge is -2.10. The summed E-state index contributed by atoms with van der Waals surface area (Å²) in [6, 6.07) is 14.5. The first-order chi connectivity index (χ1) is 8.75. The first-order valence-corrected chi connectivity index (χ1v) is 6.78. The van der Waals surface area contributed by atoms with Gasteiger partial charge in [-0.25, -0.2) is 0 Å². The molecule has 1 unspecified atom stereocenters. The fourth-order valence-electron chi connectivity index (χ4n) is 2.01. The molecule has 0 amide bonds. The summed E-state index contributed by atoms with van der Waals surface area (Å²) in [4.78, 5) is 4.39. The summed E-state index contributed by atoms with van der Waals surface area (Å²) in [7, 11) is 0. The predicted molar refractivity (Wildman–Crippen MR) is 77.1 cm³/mol. The van der Waals surface area contributed by atoms with Crippen LogP contribution < -0.4 is 0 Å². The maximum atomic E-state index is 6.40. The van der Waals surface area contributed by atoms with Gasteiger partial charge in [-0.15, -0.1) is 11.6 Å². The summed E-state index contributed by atoms with van der Waals surface area (Å²) in [6.07, 6.45) is 4.70. The Bertz CT molecular complexity index is 481. The lowest BCUT2D eigenvalue weighted by atomic mass is 10.0. The third-order valence-corrected chi connectivity index (χ3v) is 3.49. The Labute approximate surface area is 114 Å². The molecule has 0 fully saturated rings. The van der Waals surface area contributed by atoms with Crippen LogP contribution in [-0.4, -0.2) is 10.4 Å². The lowest BCUT2D eigenvalue weighted by Crippen LogP contribution is -2.07. The van der Waals surface area contributed by atoms with Gasteiger partial charge in [-0.3, -0.25) is 4.98 Å². The van der Waals surface area contributed by atoms with Crippen LogP contribution in [0.2, 0.25) is 0 Å². The molecule has 1 heterocycles. The van der Waals surface area contributed by atoms with Gasteiger partial charge in [0.15, 0.2) is 0 Å². The molecule has 1 aromatic carbocycles. The van der Waals surface area contributed by atoms with E-state index in [9.17, 15) is 0 Å². The highest BCUT2D eigenvalue weighted by Crippen LogP contribution is 2.15. The van der Waals surface area contributed by atoms with Gasteiger partial charge in [0.2, 0.25) is 0 Å². The normalized spacial score (nSPS) is 12.3. The largest absolute Gasteiger partial charge is 0.261 e. The fraction of sp³-hybridized carbons (Fsp3) is 0.312. The zero-order chi connectivity index (χ0) is 12.8. The van der Waals surface area contributed by atoms with Crippen molar-refractivity contribution < 1.29 is 0 Å². The Kier molecular flexibility index (Phi) is 4.77. The molecule has 0 bridgehead atoms. The number of aromatic nitrogens is 1. The summed E-state index contributed by atoms with van der Waals surface area (Å²) >= 11 is 6.40. The molecule has 18 heavy (non-hydrogen) atoms. The first-order valence-electron chi connectivity index (χ1n) is 6.34. The number of halogens is 1. The molecule has 2 heteroatoms. The molecule has 0 spiro atoms. The van der Waals surface area contributed by atoms with Crippen LogP contribution in [0.5, 0.6) is 0 Å². The average Bonchev–Trinajstić information content (AvgIpc) is 2.40.